The second kappa shape index (κ2) is 6.55. The van der Waals surface area contributed by atoms with Gasteiger partial charge in [0, 0.05) is 21.5 Å². The van der Waals surface area contributed by atoms with E-state index in [0.717, 1.165) is 21.8 Å². The Morgan fingerprint density at radius 3 is 2.50 bits per heavy atom. The van der Waals surface area contributed by atoms with Gasteiger partial charge in [0.2, 0.25) is 11.7 Å². The number of aromatic nitrogens is 3. The molecule has 4 nitrogen and oxygen atoms in total. The average molecular weight is 354 g/mol. The second-order valence-corrected chi connectivity index (χ2v) is 6.57. The lowest BCUT2D eigenvalue weighted by Gasteiger charge is -1.96. The lowest BCUT2D eigenvalue weighted by atomic mass is 10.2. The van der Waals surface area contributed by atoms with Crippen LogP contribution in [0.4, 0.5) is 0 Å². The molecule has 4 aromatic rings. The molecule has 2 heterocycles. The normalized spacial score (nSPS) is 10.9. The van der Waals surface area contributed by atoms with Crippen LogP contribution in [-0.2, 0) is 6.42 Å². The highest BCUT2D eigenvalue weighted by molar-refractivity contribution is 7.10. The summed E-state index contributed by atoms with van der Waals surface area (Å²) in [5.74, 6) is 1.16. The molecule has 0 saturated heterocycles. The van der Waals surface area contributed by atoms with Crippen molar-refractivity contribution in [2.45, 2.75) is 6.42 Å². The fourth-order valence-corrected chi connectivity index (χ4v) is 3.23. The first-order valence-corrected chi connectivity index (χ1v) is 8.62. The molecule has 4 rings (SSSR count). The van der Waals surface area contributed by atoms with E-state index in [9.17, 15) is 0 Å². The summed E-state index contributed by atoms with van der Waals surface area (Å²) in [5, 5.41) is 7.70. The van der Waals surface area contributed by atoms with Crippen molar-refractivity contribution in [2.75, 3.05) is 0 Å². The van der Waals surface area contributed by atoms with Gasteiger partial charge in [0.15, 0.2) is 0 Å². The Balaban J connectivity index is 1.52. The van der Waals surface area contributed by atoms with Gasteiger partial charge < -0.3 is 4.52 Å². The highest BCUT2D eigenvalue weighted by Gasteiger charge is 2.12. The van der Waals surface area contributed by atoms with Gasteiger partial charge in [-0.2, -0.15) is 4.98 Å². The van der Waals surface area contributed by atoms with Crippen LogP contribution < -0.4 is 0 Å². The summed E-state index contributed by atoms with van der Waals surface area (Å²) in [6.07, 6.45) is 0.526. The first kappa shape index (κ1) is 15.1. The van der Waals surface area contributed by atoms with Crippen LogP contribution >= 0.6 is 22.9 Å². The van der Waals surface area contributed by atoms with Gasteiger partial charge in [-0.05, 0) is 12.1 Å². The predicted octanol–water partition coefficient (Wildman–Crippen LogP) is 5.10. The van der Waals surface area contributed by atoms with Gasteiger partial charge in [0.05, 0.1) is 12.1 Å². The molecule has 0 spiro atoms. The van der Waals surface area contributed by atoms with Crippen LogP contribution in [0.1, 0.15) is 10.9 Å². The molecule has 0 bridgehead atoms. The minimum Gasteiger partial charge on any atom is -0.339 e. The summed E-state index contributed by atoms with van der Waals surface area (Å²) < 4.78 is 5.34. The van der Waals surface area contributed by atoms with Crippen molar-refractivity contribution in [3.8, 4) is 22.6 Å². The van der Waals surface area contributed by atoms with E-state index in [2.05, 4.69) is 15.1 Å². The Hall–Kier alpha value is -2.50. The summed E-state index contributed by atoms with van der Waals surface area (Å²) in [5.41, 5.74) is 2.90. The Kier molecular flexibility index (Phi) is 4.11. The van der Waals surface area contributed by atoms with Crippen LogP contribution in [0.2, 0.25) is 5.02 Å². The average Bonchev–Trinajstić information content (AvgIpc) is 3.27. The van der Waals surface area contributed by atoms with Gasteiger partial charge in [-0.3, -0.25) is 0 Å². The second-order valence-electron chi connectivity index (χ2n) is 5.19. The van der Waals surface area contributed by atoms with Crippen molar-refractivity contribution < 1.29 is 4.52 Å². The number of hydrogen-bond donors (Lipinski definition) is 0. The van der Waals surface area contributed by atoms with Crippen LogP contribution in [0.3, 0.4) is 0 Å². The van der Waals surface area contributed by atoms with Gasteiger partial charge in [0.1, 0.15) is 5.01 Å². The van der Waals surface area contributed by atoms with Gasteiger partial charge in [-0.25, -0.2) is 4.98 Å². The van der Waals surface area contributed by atoms with E-state index in [4.69, 9.17) is 16.1 Å². The smallest absolute Gasteiger partial charge is 0.233 e. The molecule has 0 radical (unpaired) electrons. The maximum absolute atomic E-state index is 5.92. The first-order chi connectivity index (χ1) is 11.8. The van der Waals surface area contributed by atoms with Crippen LogP contribution in [0.25, 0.3) is 22.6 Å². The molecule has 0 saturated carbocycles. The topological polar surface area (TPSA) is 51.8 Å². The van der Waals surface area contributed by atoms with E-state index < -0.39 is 0 Å². The summed E-state index contributed by atoms with van der Waals surface area (Å²) in [6, 6.07) is 17.4. The number of hydrogen-bond acceptors (Lipinski definition) is 5. The molecule has 6 heteroatoms. The van der Waals surface area contributed by atoms with Crippen LogP contribution in [0.5, 0.6) is 0 Å². The monoisotopic (exact) mass is 353 g/mol. The molecular formula is C18H12ClN3OS. The zero-order valence-electron chi connectivity index (χ0n) is 12.5. The third-order valence-corrected chi connectivity index (χ3v) is 4.60. The van der Waals surface area contributed by atoms with Crippen molar-refractivity contribution in [2.24, 2.45) is 0 Å². The van der Waals surface area contributed by atoms with Crippen molar-refractivity contribution in [3.05, 3.63) is 75.9 Å². The molecule has 0 N–H and O–H groups in total. The fourth-order valence-electron chi connectivity index (χ4n) is 2.31. The SMILES string of the molecule is Clc1ccc(-c2csc(Cc3nc(-c4ccccc4)no3)n2)cc1. The minimum atomic E-state index is 0.526. The van der Waals surface area contributed by atoms with Crippen molar-refractivity contribution in [1.82, 2.24) is 15.1 Å². The molecule has 0 aliphatic rings. The molecule has 2 aromatic carbocycles. The molecule has 0 atom stereocenters. The van der Waals surface area contributed by atoms with Crippen LogP contribution in [0, 0.1) is 0 Å². The van der Waals surface area contributed by atoms with Crippen molar-refractivity contribution in [1.29, 1.82) is 0 Å². The van der Waals surface area contributed by atoms with Crippen LogP contribution in [-0.4, -0.2) is 15.1 Å². The molecule has 0 fully saturated rings. The molecular weight excluding hydrogens is 342 g/mol. The largest absolute Gasteiger partial charge is 0.339 e. The van der Waals surface area contributed by atoms with E-state index in [1.807, 2.05) is 60.0 Å². The Labute approximate surface area is 147 Å². The molecule has 2 aromatic heterocycles. The van der Waals surface area contributed by atoms with E-state index in [0.29, 0.717) is 23.2 Å². The molecule has 0 aliphatic carbocycles. The third-order valence-electron chi connectivity index (χ3n) is 3.49. The standard InChI is InChI=1S/C18H12ClN3OS/c19-14-8-6-12(7-9-14)15-11-24-17(20-15)10-16-21-18(22-23-16)13-4-2-1-3-5-13/h1-9,11H,10H2. The zero-order chi connectivity index (χ0) is 16.4. The maximum Gasteiger partial charge on any atom is 0.233 e. The van der Waals surface area contributed by atoms with Crippen LogP contribution in [0.15, 0.2) is 64.5 Å². The van der Waals surface area contributed by atoms with Gasteiger partial charge >= 0.3 is 0 Å². The Bertz CT molecular complexity index is 948. The molecule has 0 aliphatic heterocycles. The minimum absolute atomic E-state index is 0.526. The molecule has 24 heavy (non-hydrogen) atoms. The summed E-state index contributed by atoms with van der Waals surface area (Å²) >= 11 is 7.50. The van der Waals surface area contributed by atoms with E-state index >= 15 is 0 Å². The van der Waals surface area contributed by atoms with Gasteiger partial charge in [-0.15, -0.1) is 11.3 Å². The first-order valence-electron chi connectivity index (χ1n) is 7.36. The number of rotatable bonds is 4. The number of thiazole rings is 1. The molecule has 0 amide bonds. The lowest BCUT2D eigenvalue weighted by Crippen LogP contribution is -1.88. The number of benzene rings is 2. The quantitative estimate of drug-likeness (QED) is 0.512. The Morgan fingerprint density at radius 1 is 0.917 bits per heavy atom. The molecule has 118 valence electrons. The maximum atomic E-state index is 5.92. The lowest BCUT2D eigenvalue weighted by molar-refractivity contribution is 0.385. The summed E-state index contributed by atoms with van der Waals surface area (Å²) in [4.78, 5) is 9.08. The summed E-state index contributed by atoms with van der Waals surface area (Å²) in [6.45, 7) is 0. The van der Waals surface area contributed by atoms with E-state index in [1.165, 1.54) is 0 Å². The van der Waals surface area contributed by atoms with Crippen molar-refractivity contribution >= 4 is 22.9 Å². The summed E-state index contributed by atoms with van der Waals surface area (Å²) in [7, 11) is 0. The highest BCUT2D eigenvalue weighted by atomic mass is 35.5. The highest BCUT2D eigenvalue weighted by Crippen LogP contribution is 2.25. The predicted molar refractivity (Wildman–Crippen MR) is 95.1 cm³/mol. The Morgan fingerprint density at radius 2 is 1.71 bits per heavy atom. The number of halogens is 1. The van der Waals surface area contributed by atoms with E-state index in [1.54, 1.807) is 11.3 Å². The number of nitrogens with zero attached hydrogens (tertiary/aromatic N) is 3. The van der Waals surface area contributed by atoms with E-state index in [-0.39, 0.29) is 0 Å². The van der Waals surface area contributed by atoms with Crippen molar-refractivity contribution in [3.63, 3.8) is 0 Å². The third kappa shape index (κ3) is 3.22. The zero-order valence-corrected chi connectivity index (χ0v) is 14.1. The van der Waals surface area contributed by atoms with Gasteiger partial charge in [-0.1, -0.05) is 59.2 Å². The molecule has 0 unspecified atom stereocenters. The van der Waals surface area contributed by atoms with Gasteiger partial charge in [0.25, 0.3) is 0 Å². The fraction of sp³-hybridized carbons (Fsp3) is 0.0556.